The fourth-order valence-corrected chi connectivity index (χ4v) is 1.94. The molecule has 0 heterocycles. The Morgan fingerprint density at radius 1 is 1.24 bits per heavy atom. The molecule has 0 aliphatic rings. The average Bonchev–Trinajstić information content (AvgIpc) is 2.23. The van der Waals surface area contributed by atoms with Crippen LogP contribution in [0.2, 0.25) is 0 Å². The molecule has 0 amide bonds. The monoisotopic (exact) mass is 288 g/mol. The fraction of sp³-hybridized carbons (Fsp3) is 0.333. The summed E-state index contributed by atoms with van der Waals surface area (Å²) in [6.45, 7) is -0.794. The van der Waals surface area contributed by atoms with Crippen molar-refractivity contribution in [1.29, 1.82) is 0 Å². The van der Waals surface area contributed by atoms with E-state index in [1.165, 1.54) is 0 Å². The van der Waals surface area contributed by atoms with Crippen LogP contribution in [0, 0.1) is 11.6 Å². The highest BCUT2D eigenvalue weighted by molar-refractivity contribution is 8.13. The van der Waals surface area contributed by atoms with Crippen LogP contribution in [0.1, 0.15) is 6.42 Å². The van der Waals surface area contributed by atoms with Crippen molar-refractivity contribution >= 4 is 19.7 Å². The highest BCUT2D eigenvalue weighted by Gasteiger charge is 2.22. The van der Waals surface area contributed by atoms with Gasteiger partial charge in [-0.25, -0.2) is 12.8 Å². The molecule has 0 spiro atoms. The van der Waals surface area contributed by atoms with E-state index in [4.69, 9.17) is 15.4 Å². The van der Waals surface area contributed by atoms with E-state index in [0.717, 1.165) is 12.1 Å². The Morgan fingerprint density at radius 3 is 2.41 bits per heavy atom. The highest BCUT2D eigenvalue weighted by Crippen LogP contribution is 2.27. The van der Waals surface area contributed by atoms with E-state index in [2.05, 4.69) is 0 Å². The van der Waals surface area contributed by atoms with Gasteiger partial charge in [0.1, 0.15) is 4.90 Å². The van der Waals surface area contributed by atoms with Crippen molar-refractivity contribution in [2.75, 3.05) is 13.3 Å². The molecule has 0 fully saturated rings. The Kier molecular flexibility index (Phi) is 4.64. The SMILES string of the molecule is O=S(=O)(Cl)c1ccc(OCCCF)c(F)c1F. The maximum Gasteiger partial charge on any atom is 0.264 e. The van der Waals surface area contributed by atoms with E-state index in [1.807, 2.05) is 0 Å². The Labute approximate surface area is 101 Å². The molecule has 1 aromatic carbocycles. The third kappa shape index (κ3) is 3.50. The van der Waals surface area contributed by atoms with Crippen LogP contribution in [0.5, 0.6) is 5.75 Å². The lowest BCUT2D eigenvalue weighted by Gasteiger charge is -2.08. The van der Waals surface area contributed by atoms with Crippen molar-refractivity contribution in [2.45, 2.75) is 11.3 Å². The van der Waals surface area contributed by atoms with Crippen molar-refractivity contribution < 1.29 is 26.3 Å². The number of benzene rings is 1. The van der Waals surface area contributed by atoms with Gasteiger partial charge in [-0.2, -0.15) is 4.39 Å². The van der Waals surface area contributed by atoms with Crippen LogP contribution in [0.3, 0.4) is 0 Å². The second-order valence-electron chi connectivity index (χ2n) is 3.02. The molecule has 0 radical (unpaired) electrons. The molecule has 0 aromatic heterocycles. The van der Waals surface area contributed by atoms with E-state index in [1.54, 1.807) is 0 Å². The molecule has 3 nitrogen and oxygen atoms in total. The minimum Gasteiger partial charge on any atom is -0.490 e. The summed E-state index contributed by atoms with van der Waals surface area (Å²) < 4.78 is 64.8. The summed E-state index contributed by atoms with van der Waals surface area (Å²) in [7, 11) is 0.534. The first-order valence-electron chi connectivity index (χ1n) is 4.49. The molecule has 0 saturated heterocycles. The zero-order chi connectivity index (χ0) is 13.1. The van der Waals surface area contributed by atoms with Gasteiger partial charge in [0.15, 0.2) is 11.6 Å². The van der Waals surface area contributed by atoms with Gasteiger partial charge in [-0.05, 0) is 12.1 Å². The molecule has 0 bridgehead atoms. The van der Waals surface area contributed by atoms with Crippen LogP contribution < -0.4 is 4.74 Å². The molecule has 8 heteroatoms. The maximum absolute atomic E-state index is 13.3. The van der Waals surface area contributed by atoms with Gasteiger partial charge >= 0.3 is 0 Å². The predicted octanol–water partition coefficient (Wildman–Crippen LogP) is 2.63. The van der Waals surface area contributed by atoms with Gasteiger partial charge < -0.3 is 4.74 Å². The summed E-state index contributed by atoms with van der Waals surface area (Å²) in [6.07, 6.45) is 0.0244. The van der Waals surface area contributed by atoms with Gasteiger partial charge in [-0.1, -0.05) is 0 Å². The third-order valence-electron chi connectivity index (χ3n) is 1.81. The molecule has 0 aliphatic heterocycles. The Morgan fingerprint density at radius 2 is 1.88 bits per heavy atom. The molecule has 0 unspecified atom stereocenters. The van der Waals surface area contributed by atoms with Crippen LogP contribution in [-0.2, 0) is 9.05 Å². The second-order valence-corrected chi connectivity index (χ2v) is 5.55. The lowest BCUT2D eigenvalue weighted by molar-refractivity contribution is 0.272. The summed E-state index contributed by atoms with van der Waals surface area (Å²) in [5.41, 5.74) is 0. The van der Waals surface area contributed by atoms with Crippen LogP contribution in [0.25, 0.3) is 0 Å². The van der Waals surface area contributed by atoms with Gasteiger partial charge in [-0.15, -0.1) is 0 Å². The van der Waals surface area contributed by atoms with E-state index >= 15 is 0 Å². The lowest BCUT2D eigenvalue weighted by atomic mass is 10.3. The van der Waals surface area contributed by atoms with Crippen molar-refractivity contribution in [3.8, 4) is 5.75 Å². The van der Waals surface area contributed by atoms with Gasteiger partial charge in [-0.3, -0.25) is 4.39 Å². The molecule has 1 aromatic rings. The normalized spacial score (nSPS) is 11.5. The van der Waals surface area contributed by atoms with Crippen LogP contribution in [-0.4, -0.2) is 21.7 Å². The molecule has 0 saturated carbocycles. The molecule has 96 valence electrons. The molecule has 17 heavy (non-hydrogen) atoms. The van der Waals surface area contributed by atoms with Gasteiger partial charge in [0.2, 0.25) is 5.82 Å². The van der Waals surface area contributed by atoms with E-state index in [9.17, 15) is 21.6 Å². The maximum atomic E-state index is 13.3. The second kappa shape index (κ2) is 5.59. The number of hydrogen-bond donors (Lipinski definition) is 0. The molecule has 0 aliphatic carbocycles. The van der Waals surface area contributed by atoms with Gasteiger partial charge in [0, 0.05) is 17.1 Å². The first-order chi connectivity index (χ1) is 7.88. The largest absolute Gasteiger partial charge is 0.490 e. The molecular weight excluding hydrogens is 281 g/mol. The molecule has 1 rings (SSSR count). The predicted molar refractivity (Wildman–Crippen MR) is 55.5 cm³/mol. The van der Waals surface area contributed by atoms with E-state index < -0.39 is 38.0 Å². The van der Waals surface area contributed by atoms with Crippen molar-refractivity contribution in [3.63, 3.8) is 0 Å². The van der Waals surface area contributed by atoms with Crippen LogP contribution >= 0.6 is 10.7 Å². The standard InChI is InChI=1S/C9H8ClF3O3S/c10-17(14,15)7-3-2-6(8(12)9(7)13)16-5-1-4-11/h2-3H,1,4-5H2. The third-order valence-corrected chi connectivity index (χ3v) is 3.15. The van der Waals surface area contributed by atoms with E-state index in [-0.39, 0.29) is 13.0 Å². The summed E-state index contributed by atoms with van der Waals surface area (Å²) >= 11 is 0. The zero-order valence-corrected chi connectivity index (χ0v) is 9.99. The number of hydrogen-bond acceptors (Lipinski definition) is 3. The topological polar surface area (TPSA) is 43.4 Å². The summed E-state index contributed by atoms with van der Waals surface area (Å²) in [5.74, 6) is -3.57. The molecule has 0 N–H and O–H groups in total. The Bertz CT molecular complexity index is 504. The fourth-order valence-electron chi connectivity index (χ4n) is 1.05. The van der Waals surface area contributed by atoms with Crippen LogP contribution in [0.4, 0.5) is 13.2 Å². The Hall–Kier alpha value is -0.950. The summed E-state index contributed by atoms with van der Waals surface area (Å²) in [4.78, 5) is -0.963. The first kappa shape index (κ1) is 14.1. The molecule has 0 atom stereocenters. The first-order valence-corrected chi connectivity index (χ1v) is 6.80. The van der Waals surface area contributed by atoms with Crippen molar-refractivity contribution in [2.24, 2.45) is 0 Å². The smallest absolute Gasteiger partial charge is 0.264 e. The quantitative estimate of drug-likeness (QED) is 0.618. The van der Waals surface area contributed by atoms with Crippen molar-refractivity contribution in [1.82, 2.24) is 0 Å². The number of rotatable bonds is 5. The highest BCUT2D eigenvalue weighted by atomic mass is 35.7. The summed E-state index contributed by atoms with van der Waals surface area (Å²) in [5, 5.41) is 0. The molecular formula is C9H8ClF3O3S. The minimum atomic E-state index is -4.36. The number of halogens is 4. The average molecular weight is 289 g/mol. The number of ether oxygens (including phenoxy) is 1. The van der Waals surface area contributed by atoms with E-state index in [0.29, 0.717) is 0 Å². The van der Waals surface area contributed by atoms with Gasteiger partial charge in [0.25, 0.3) is 9.05 Å². The lowest BCUT2D eigenvalue weighted by Crippen LogP contribution is -2.04. The minimum absolute atomic E-state index is 0.0244. The number of alkyl halides is 1. The van der Waals surface area contributed by atoms with Gasteiger partial charge in [0.05, 0.1) is 13.3 Å². The Balaban J connectivity index is 3.03. The van der Waals surface area contributed by atoms with Crippen LogP contribution in [0.15, 0.2) is 17.0 Å². The zero-order valence-electron chi connectivity index (χ0n) is 8.42. The van der Waals surface area contributed by atoms with Crippen molar-refractivity contribution in [3.05, 3.63) is 23.8 Å². The summed E-state index contributed by atoms with van der Waals surface area (Å²) in [6, 6.07) is 1.71.